The lowest BCUT2D eigenvalue weighted by Gasteiger charge is -2.11. The number of carbonyl (C=O) groups is 1. The summed E-state index contributed by atoms with van der Waals surface area (Å²) in [6, 6.07) is 8.51. The first-order chi connectivity index (χ1) is 12.8. The zero-order valence-electron chi connectivity index (χ0n) is 14.5. The first-order valence-electron chi connectivity index (χ1n) is 7.91. The molecule has 0 aliphatic heterocycles. The molecule has 2 N–H and O–H groups in total. The van der Waals surface area contributed by atoms with Gasteiger partial charge in [-0.3, -0.25) is 4.79 Å². The molecular formula is C19H16F3NO4. The van der Waals surface area contributed by atoms with Crippen LogP contribution in [0.3, 0.4) is 0 Å². The van der Waals surface area contributed by atoms with E-state index < -0.39 is 24.1 Å². The second-order valence-electron chi connectivity index (χ2n) is 5.84. The maximum absolute atomic E-state index is 13.4. The number of hydrogen-bond acceptors (Lipinski definition) is 3. The normalized spacial score (nSPS) is 11.6. The Balaban J connectivity index is 2.34. The molecule has 8 heteroatoms. The Morgan fingerprint density at radius 2 is 1.89 bits per heavy atom. The minimum atomic E-state index is -4.58. The molecule has 0 unspecified atom stereocenters. The molecule has 2 aromatic carbocycles. The molecule has 0 radical (unpaired) electrons. The summed E-state index contributed by atoms with van der Waals surface area (Å²) in [5, 5.41) is 9.48. The third kappa shape index (κ3) is 3.42. The van der Waals surface area contributed by atoms with Crippen molar-refractivity contribution >= 4 is 16.9 Å². The number of H-pyrrole nitrogens is 1. The fourth-order valence-electron chi connectivity index (χ4n) is 3.08. The van der Waals surface area contributed by atoms with E-state index in [1.165, 1.54) is 26.4 Å². The summed E-state index contributed by atoms with van der Waals surface area (Å²) in [6.07, 6.45) is -5.02. The molecule has 1 heterocycles. The van der Waals surface area contributed by atoms with E-state index >= 15 is 0 Å². The summed E-state index contributed by atoms with van der Waals surface area (Å²) in [7, 11) is 2.89. The number of alkyl halides is 3. The average molecular weight is 379 g/mol. The van der Waals surface area contributed by atoms with Crippen molar-refractivity contribution < 1.29 is 32.5 Å². The van der Waals surface area contributed by atoms with Crippen LogP contribution in [0, 0.1) is 0 Å². The minimum Gasteiger partial charge on any atom is -0.497 e. The number of aromatic amines is 1. The van der Waals surface area contributed by atoms with Gasteiger partial charge in [-0.2, -0.15) is 13.2 Å². The maximum atomic E-state index is 13.4. The number of methoxy groups -OCH3 is 2. The number of fused-ring (bicyclic) bond motifs is 1. The van der Waals surface area contributed by atoms with Crippen LogP contribution in [0.4, 0.5) is 13.2 Å². The monoisotopic (exact) mass is 379 g/mol. The van der Waals surface area contributed by atoms with Gasteiger partial charge >= 0.3 is 12.1 Å². The van der Waals surface area contributed by atoms with Gasteiger partial charge in [0.2, 0.25) is 0 Å². The lowest BCUT2D eigenvalue weighted by Crippen LogP contribution is -2.05. The van der Waals surface area contributed by atoms with E-state index in [-0.39, 0.29) is 22.2 Å². The van der Waals surface area contributed by atoms with Crippen LogP contribution >= 0.6 is 0 Å². The Bertz CT molecular complexity index is 1010. The van der Waals surface area contributed by atoms with E-state index in [9.17, 15) is 23.1 Å². The molecule has 0 fully saturated rings. The molecule has 27 heavy (non-hydrogen) atoms. The Labute approximate surface area is 152 Å². The van der Waals surface area contributed by atoms with Gasteiger partial charge in [0.05, 0.1) is 37.4 Å². The fraction of sp³-hybridized carbons (Fsp3) is 0.211. The van der Waals surface area contributed by atoms with Crippen molar-refractivity contribution in [2.24, 2.45) is 0 Å². The molecule has 0 amide bonds. The molecule has 142 valence electrons. The predicted molar refractivity (Wildman–Crippen MR) is 93.2 cm³/mol. The topological polar surface area (TPSA) is 71.6 Å². The van der Waals surface area contributed by atoms with Gasteiger partial charge in [0.15, 0.2) is 0 Å². The van der Waals surface area contributed by atoms with Crippen molar-refractivity contribution in [3.63, 3.8) is 0 Å². The number of nitrogens with one attached hydrogen (secondary N) is 1. The largest absolute Gasteiger partial charge is 0.497 e. The number of para-hydroxylation sites is 1. The molecule has 0 saturated heterocycles. The molecule has 0 spiro atoms. The van der Waals surface area contributed by atoms with Crippen LogP contribution in [0.15, 0.2) is 36.4 Å². The summed E-state index contributed by atoms with van der Waals surface area (Å²) < 4.78 is 50.6. The van der Waals surface area contributed by atoms with E-state index in [0.717, 1.165) is 6.07 Å². The highest BCUT2D eigenvalue weighted by Crippen LogP contribution is 2.41. The molecule has 5 nitrogen and oxygen atoms in total. The van der Waals surface area contributed by atoms with Gasteiger partial charge < -0.3 is 19.6 Å². The van der Waals surface area contributed by atoms with Gasteiger partial charge in [0.25, 0.3) is 0 Å². The number of rotatable bonds is 5. The van der Waals surface area contributed by atoms with Crippen LogP contribution in [0.1, 0.15) is 11.1 Å². The number of benzene rings is 2. The number of carboxylic acids is 1. The van der Waals surface area contributed by atoms with E-state index in [0.29, 0.717) is 17.1 Å². The maximum Gasteiger partial charge on any atom is 0.418 e. The second kappa shape index (κ2) is 6.86. The number of hydrogen-bond donors (Lipinski definition) is 2. The Morgan fingerprint density at radius 1 is 1.15 bits per heavy atom. The van der Waals surface area contributed by atoms with Crippen LogP contribution in [-0.4, -0.2) is 30.3 Å². The molecule has 0 saturated carbocycles. The van der Waals surface area contributed by atoms with Gasteiger partial charge in [-0.1, -0.05) is 12.1 Å². The summed E-state index contributed by atoms with van der Waals surface area (Å²) in [4.78, 5) is 14.1. The zero-order chi connectivity index (χ0) is 19.8. The minimum absolute atomic E-state index is 0.158. The van der Waals surface area contributed by atoms with Crippen LogP contribution in [-0.2, 0) is 17.4 Å². The second-order valence-corrected chi connectivity index (χ2v) is 5.84. The van der Waals surface area contributed by atoms with Crippen molar-refractivity contribution in [3.8, 4) is 22.8 Å². The molecule has 3 aromatic rings. The smallest absolute Gasteiger partial charge is 0.418 e. The van der Waals surface area contributed by atoms with Crippen molar-refractivity contribution in [1.82, 2.24) is 4.98 Å². The predicted octanol–water partition coefficient (Wildman–Crippen LogP) is 4.50. The van der Waals surface area contributed by atoms with Gasteiger partial charge in [0, 0.05) is 17.0 Å². The first-order valence-corrected chi connectivity index (χ1v) is 7.91. The highest BCUT2D eigenvalue weighted by atomic mass is 19.4. The van der Waals surface area contributed by atoms with Crippen molar-refractivity contribution in [2.75, 3.05) is 14.2 Å². The van der Waals surface area contributed by atoms with E-state index in [1.807, 2.05) is 0 Å². The van der Waals surface area contributed by atoms with Crippen LogP contribution in [0.2, 0.25) is 0 Å². The lowest BCUT2D eigenvalue weighted by molar-refractivity contribution is -0.137. The molecular weight excluding hydrogens is 363 g/mol. The van der Waals surface area contributed by atoms with Crippen LogP contribution in [0.25, 0.3) is 22.2 Å². The molecule has 0 aliphatic carbocycles. The summed E-state index contributed by atoms with van der Waals surface area (Å²) >= 11 is 0. The number of ether oxygens (including phenoxy) is 2. The number of aliphatic carboxylic acids is 1. The zero-order valence-corrected chi connectivity index (χ0v) is 14.5. The molecule has 0 aliphatic rings. The van der Waals surface area contributed by atoms with Crippen LogP contribution in [0.5, 0.6) is 11.5 Å². The van der Waals surface area contributed by atoms with E-state index in [4.69, 9.17) is 9.47 Å². The van der Waals surface area contributed by atoms with Gasteiger partial charge in [-0.15, -0.1) is 0 Å². The highest BCUT2D eigenvalue weighted by molar-refractivity contribution is 5.96. The van der Waals surface area contributed by atoms with Crippen LogP contribution < -0.4 is 9.47 Å². The number of halogens is 3. The van der Waals surface area contributed by atoms with Crippen molar-refractivity contribution in [2.45, 2.75) is 12.6 Å². The number of carboxylic acid groups (broad SMARTS) is 1. The third-order valence-electron chi connectivity index (χ3n) is 4.25. The third-order valence-corrected chi connectivity index (χ3v) is 4.25. The lowest BCUT2D eigenvalue weighted by atomic mass is 10.0. The molecule has 1 aromatic heterocycles. The van der Waals surface area contributed by atoms with E-state index in [1.54, 1.807) is 18.2 Å². The van der Waals surface area contributed by atoms with Crippen molar-refractivity contribution in [3.05, 3.63) is 47.5 Å². The Kier molecular flexibility index (Phi) is 4.73. The van der Waals surface area contributed by atoms with Crippen molar-refractivity contribution in [1.29, 1.82) is 0 Å². The average Bonchev–Trinajstić information content (AvgIpc) is 2.97. The summed E-state index contributed by atoms with van der Waals surface area (Å²) in [6.45, 7) is 0. The fourth-order valence-corrected chi connectivity index (χ4v) is 3.08. The highest BCUT2D eigenvalue weighted by Gasteiger charge is 2.34. The molecule has 3 rings (SSSR count). The number of aromatic nitrogens is 1. The van der Waals surface area contributed by atoms with Gasteiger partial charge in [-0.25, -0.2) is 0 Å². The van der Waals surface area contributed by atoms with E-state index in [2.05, 4.69) is 4.98 Å². The quantitative estimate of drug-likeness (QED) is 0.685. The molecule has 0 bridgehead atoms. The SMILES string of the molecule is COc1ccc(-c2[nH]c3c(C(F)(F)F)cccc3c2CC(=O)O)c(OC)c1. The molecule has 0 atom stereocenters. The van der Waals surface area contributed by atoms with Gasteiger partial charge in [0.1, 0.15) is 11.5 Å². The van der Waals surface area contributed by atoms with Gasteiger partial charge in [-0.05, 0) is 23.8 Å². The first kappa shape index (κ1) is 18.6. The Hall–Kier alpha value is -3.16. The summed E-state index contributed by atoms with van der Waals surface area (Å²) in [5.41, 5.74) is -0.0472. The standard InChI is InChI=1S/C19H16F3NO4/c1-26-10-6-7-12(15(8-10)27-2)17-13(9-16(24)25)11-4-3-5-14(18(11)23-17)19(20,21)22/h3-8,23H,9H2,1-2H3,(H,24,25). The Morgan fingerprint density at radius 3 is 2.48 bits per heavy atom. The summed E-state index contributed by atoms with van der Waals surface area (Å²) in [5.74, 6) is -0.300.